The van der Waals surface area contributed by atoms with Crippen molar-refractivity contribution in [3.05, 3.63) is 0 Å². The minimum absolute atomic E-state index is 0.775. The van der Waals surface area contributed by atoms with Gasteiger partial charge < -0.3 is 0 Å². The molecule has 0 atom stereocenters. The van der Waals surface area contributed by atoms with Crippen LogP contribution in [0.1, 0.15) is 32.1 Å². The number of rotatable bonds is 2. The molecule has 13 heavy (non-hydrogen) atoms. The zero-order valence-corrected chi connectivity index (χ0v) is 10.4. The van der Waals surface area contributed by atoms with E-state index in [1.165, 1.54) is 11.5 Å². The van der Waals surface area contributed by atoms with Gasteiger partial charge in [0.05, 0.1) is 0 Å². The topological polar surface area (TPSA) is 0 Å². The van der Waals surface area contributed by atoms with Crippen LogP contribution in [0.5, 0.6) is 0 Å². The van der Waals surface area contributed by atoms with Crippen LogP contribution < -0.4 is 0 Å². The van der Waals surface area contributed by atoms with Crippen molar-refractivity contribution in [2.24, 2.45) is 0 Å². The molecular formula is C10H21FS2. The van der Waals surface area contributed by atoms with Crippen LogP contribution in [0.3, 0.4) is 0 Å². The van der Waals surface area contributed by atoms with Crippen molar-refractivity contribution in [2.45, 2.75) is 37.8 Å². The Bertz CT molecular complexity index is 211. The van der Waals surface area contributed by atoms with Gasteiger partial charge in [0.15, 0.2) is 0 Å². The third-order valence-electron chi connectivity index (χ3n) is 3.35. The Balaban J connectivity index is 1.99. The van der Waals surface area contributed by atoms with E-state index in [1.54, 1.807) is 0 Å². The van der Waals surface area contributed by atoms with E-state index in [1.807, 2.05) is 0 Å². The van der Waals surface area contributed by atoms with Gasteiger partial charge in [-0.05, 0) is 25.4 Å². The number of hydrogen-bond donors (Lipinski definition) is 1. The van der Waals surface area contributed by atoms with Gasteiger partial charge in [-0.3, -0.25) is 0 Å². The van der Waals surface area contributed by atoms with Crippen LogP contribution in [-0.4, -0.2) is 29.0 Å². The lowest BCUT2D eigenvalue weighted by Gasteiger charge is -2.42. The number of hydrogen-bond acceptors (Lipinski definition) is 1. The molecule has 0 amide bonds. The molecule has 0 N–H and O–H groups in total. The molecule has 2 fully saturated rings. The Hall–Kier alpha value is 0.630. The highest BCUT2D eigenvalue weighted by Gasteiger charge is 2.51. The summed E-state index contributed by atoms with van der Waals surface area (Å²) in [6, 6.07) is 0. The van der Waals surface area contributed by atoms with Crippen LogP contribution in [0.25, 0.3) is 0 Å². The highest BCUT2D eigenvalue weighted by atomic mass is 33.2. The minimum Gasteiger partial charge on any atom is -0.243 e. The number of halogens is 1. The maximum absolute atomic E-state index is 14.4. The Morgan fingerprint density at radius 2 is 1.77 bits per heavy atom. The lowest BCUT2D eigenvalue weighted by molar-refractivity contribution is 0.134. The largest absolute Gasteiger partial charge is 0.243 e. The quantitative estimate of drug-likeness (QED) is 0.425. The van der Waals surface area contributed by atoms with Crippen molar-refractivity contribution in [3.8, 4) is 0 Å². The summed E-state index contributed by atoms with van der Waals surface area (Å²) in [6.07, 6.45) is 9.88. The van der Waals surface area contributed by atoms with E-state index in [9.17, 15) is 4.39 Å². The zero-order chi connectivity index (χ0) is 9.60. The van der Waals surface area contributed by atoms with Gasteiger partial charge in [-0.25, -0.2) is 12.6 Å². The van der Waals surface area contributed by atoms with Crippen molar-refractivity contribution >= 4 is 19.0 Å². The molecule has 0 bridgehead atoms. The van der Waals surface area contributed by atoms with E-state index >= 15 is 0 Å². The molecule has 1 saturated carbocycles. The van der Waals surface area contributed by atoms with Crippen LogP contribution in [-0.2, 0) is 0 Å². The first kappa shape index (κ1) is 10.2. The molecule has 0 spiro atoms. The van der Waals surface area contributed by atoms with Gasteiger partial charge in [-0.2, -0.15) is 0 Å². The fourth-order valence-corrected chi connectivity index (χ4v) is 10.0. The first-order chi connectivity index (χ1) is 5.90. The average Bonchev–Trinajstić information content (AvgIpc) is 2.61. The fraction of sp³-hybridized carbons (Fsp3) is 1.00. The van der Waals surface area contributed by atoms with E-state index in [0.717, 1.165) is 31.4 Å². The second kappa shape index (κ2) is 2.82. The molecule has 1 aliphatic heterocycles. The number of alkyl halides is 1. The van der Waals surface area contributed by atoms with Crippen molar-refractivity contribution < 1.29 is 4.39 Å². The van der Waals surface area contributed by atoms with Gasteiger partial charge in [-0.15, -0.1) is 10.8 Å². The van der Waals surface area contributed by atoms with Crippen molar-refractivity contribution in [1.82, 2.24) is 0 Å². The minimum atomic E-state index is -1.48. The van der Waals surface area contributed by atoms with Gasteiger partial charge >= 0.3 is 0 Å². The molecule has 0 aromatic rings. The predicted molar refractivity (Wildman–Crippen MR) is 65.1 cm³/mol. The molecule has 3 heteroatoms. The lowest BCUT2D eigenvalue weighted by atomic mass is 9.88. The van der Waals surface area contributed by atoms with Crippen LogP contribution in [0.4, 0.5) is 4.39 Å². The molecule has 0 nitrogen and oxygen atoms in total. The van der Waals surface area contributed by atoms with Crippen LogP contribution in [0.2, 0.25) is 0 Å². The van der Waals surface area contributed by atoms with Crippen LogP contribution >= 0.6 is 19.0 Å². The highest BCUT2D eigenvalue weighted by Crippen LogP contribution is 2.91. The predicted octanol–water partition coefficient (Wildman–Crippen LogP) is 3.61. The fourth-order valence-electron chi connectivity index (χ4n) is 2.47. The Morgan fingerprint density at radius 1 is 1.23 bits per heavy atom. The van der Waals surface area contributed by atoms with E-state index < -0.39 is 13.9 Å². The molecule has 1 aliphatic carbocycles. The summed E-state index contributed by atoms with van der Waals surface area (Å²) in [5.41, 5.74) is -0.775. The Labute approximate surface area is 84.7 Å². The van der Waals surface area contributed by atoms with Crippen molar-refractivity contribution in [3.63, 3.8) is 0 Å². The molecule has 1 saturated heterocycles. The Morgan fingerprint density at radius 3 is 2.23 bits per heavy atom. The van der Waals surface area contributed by atoms with Gasteiger partial charge in [0.1, 0.15) is 5.67 Å². The summed E-state index contributed by atoms with van der Waals surface area (Å²) in [7, 11) is 0.571. The molecule has 0 unspecified atom stereocenters. The number of thiol groups is 1. The van der Waals surface area contributed by atoms with Gasteiger partial charge in [0, 0.05) is 10.8 Å². The standard InChI is InChI=1S/C10H21FS2/c1-13(2,9-12-13)8-10(11)6-4-3-5-7-10/h13H,3-9H2,1-2H3. The summed E-state index contributed by atoms with van der Waals surface area (Å²) >= 11 is 0. The maximum atomic E-state index is 14.4. The normalized spacial score (nSPS) is 37.3. The lowest BCUT2D eigenvalue weighted by Crippen LogP contribution is -2.33. The zero-order valence-electron chi connectivity index (χ0n) is 8.68. The molecule has 0 aromatic heterocycles. The molecule has 2 aliphatic rings. The SMILES string of the molecule is C[SH]1(C)(CC2(F)CCCCC2)CS1. The summed E-state index contributed by atoms with van der Waals surface area (Å²) < 4.78 is 14.4. The van der Waals surface area contributed by atoms with E-state index in [0.29, 0.717) is 0 Å². The van der Waals surface area contributed by atoms with E-state index in [4.69, 9.17) is 0 Å². The summed E-state index contributed by atoms with van der Waals surface area (Å²) in [4.78, 5) is 0. The smallest absolute Gasteiger partial charge is 0.117 e. The first-order valence-electron chi connectivity index (χ1n) is 5.25. The average molecular weight is 224 g/mol. The molecule has 80 valence electrons. The van der Waals surface area contributed by atoms with Gasteiger partial charge in [0.25, 0.3) is 0 Å². The third kappa shape index (κ3) is 2.35. The second-order valence-corrected chi connectivity index (χ2v) is 16.9. The summed E-state index contributed by atoms with van der Waals surface area (Å²) in [6.45, 7) is 0. The Kier molecular flexibility index (Phi) is 2.20. The monoisotopic (exact) mass is 224 g/mol. The summed E-state index contributed by atoms with van der Waals surface area (Å²) in [5.74, 6) is 0.906. The third-order valence-corrected chi connectivity index (χ3v) is 11.9. The molecule has 0 radical (unpaired) electrons. The maximum Gasteiger partial charge on any atom is 0.117 e. The van der Waals surface area contributed by atoms with Crippen molar-refractivity contribution in [2.75, 3.05) is 23.3 Å². The van der Waals surface area contributed by atoms with E-state index in [2.05, 4.69) is 23.3 Å². The molecule has 0 aromatic carbocycles. The first-order valence-corrected chi connectivity index (χ1v) is 10.3. The molecule has 1 heterocycles. The van der Waals surface area contributed by atoms with Gasteiger partial charge in [-0.1, -0.05) is 19.3 Å². The van der Waals surface area contributed by atoms with E-state index in [-0.39, 0.29) is 0 Å². The van der Waals surface area contributed by atoms with Crippen LogP contribution in [0, 0.1) is 0 Å². The highest BCUT2D eigenvalue weighted by molar-refractivity contribution is 9.16. The molecule has 2 rings (SSSR count). The van der Waals surface area contributed by atoms with Crippen LogP contribution in [0.15, 0.2) is 0 Å². The van der Waals surface area contributed by atoms with Crippen molar-refractivity contribution in [1.29, 1.82) is 0 Å². The molecular weight excluding hydrogens is 203 g/mol. The van der Waals surface area contributed by atoms with Gasteiger partial charge in [0.2, 0.25) is 0 Å². The summed E-state index contributed by atoms with van der Waals surface area (Å²) in [5, 5.41) is 1.28. The second-order valence-electron chi connectivity index (χ2n) is 5.69.